The highest BCUT2D eigenvalue weighted by Crippen LogP contribution is 2.33. The van der Waals surface area contributed by atoms with Crippen LogP contribution in [0.2, 0.25) is 15.2 Å². The average Bonchev–Trinajstić information content (AvgIpc) is 2.30. The maximum atomic E-state index is 12.2. The van der Waals surface area contributed by atoms with Crippen LogP contribution in [0.25, 0.3) is 0 Å². The Morgan fingerprint density at radius 1 is 1.05 bits per heavy atom. The minimum absolute atomic E-state index is 0.00412. The van der Waals surface area contributed by atoms with Gasteiger partial charge in [-0.1, -0.05) is 50.7 Å². The summed E-state index contributed by atoms with van der Waals surface area (Å²) in [5, 5.41) is 0.116. The first-order valence-corrected chi connectivity index (χ1v) is 8.35. The van der Waals surface area contributed by atoms with Crippen molar-refractivity contribution in [3.05, 3.63) is 44.2 Å². The zero-order chi connectivity index (χ0) is 14.9. The number of halogens is 4. The first kappa shape index (κ1) is 15.8. The molecule has 2 rings (SSSR count). The van der Waals surface area contributed by atoms with Gasteiger partial charge in [-0.15, -0.1) is 0 Å². The molecule has 106 valence electrons. The largest absolute Gasteiger partial charge is 0.266 e. The first-order chi connectivity index (χ1) is 9.29. The second kappa shape index (κ2) is 6.03. The lowest BCUT2D eigenvalue weighted by Gasteiger charge is -2.10. The second-order valence-electron chi connectivity index (χ2n) is 3.53. The van der Waals surface area contributed by atoms with Crippen LogP contribution in [0.5, 0.6) is 0 Å². The van der Waals surface area contributed by atoms with Crippen LogP contribution in [0, 0.1) is 0 Å². The van der Waals surface area contributed by atoms with E-state index in [-0.39, 0.29) is 25.9 Å². The molecule has 0 aliphatic rings. The number of benzene rings is 1. The number of hydrogen-bond acceptors (Lipinski definition) is 4. The Bertz CT molecular complexity index is 730. The SMILES string of the molecule is O=S(=O)(Nc1cnc(Cl)cn1)c1c(Cl)cc(Br)cc1Cl. The van der Waals surface area contributed by atoms with Crippen molar-refractivity contribution in [1.82, 2.24) is 9.97 Å². The predicted molar refractivity (Wildman–Crippen MR) is 82.0 cm³/mol. The molecule has 1 aromatic carbocycles. The predicted octanol–water partition coefficient (Wildman–Crippen LogP) is 4.00. The number of aromatic nitrogens is 2. The summed E-state index contributed by atoms with van der Waals surface area (Å²) in [7, 11) is -3.98. The summed E-state index contributed by atoms with van der Waals surface area (Å²) in [5.74, 6) is 0.00412. The number of rotatable bonds is 3. The summed E-state index contributed by atoms with van der Waals surface area (Å²) in [4.78, 5) is 7.27. The summed E-state index contributed by atoms with van der Waals surface area (Å²) >= 11 is 20.6. The monoisotopic (exact) mass is 415 g/mol. The van der Waals surface area contributed by atoms with E-state index in [1.165, 1.54) is 24.5 Å². The molecule has 0 saturated carbocycles. The molecule has 1 aromatic heterocycles. The normalized spacial score (nSPS) is 11.4. The molecule has 0 aliphatic heterocycles. The van der Waals surface area contributed by atoms with Crippen LogP contribution in [0.4, 0.5) is 5.82 Å². The topological polar surface area (TPSA) is 72.0 Å². The molecule has 0 saturated heterocycles. The molecule has 0 radical (unpaired) electrons. The van der Waals surface area contributed by atoms with Crippen molar-refractivity contribution >= 4 is 66.6 Å². The Labute approximate surface area is 138 Å². The molecular formula is C10H5BrCl3N3O2S. The van der Waals surface area contributed by atoms with Crippen molar-refractivity contribution in [1.29, 1.82) is 0 Å². The molecule has 1 N–H and O–H groups in total. The average molecular weight is 417 g/mol. The van der Waals surface area contributed by atoms with E-state index in [0.29, 0.717) is 4.47 Å². The van der Waals surface area contributed by atoms with E-state index < -0.39 is 10.0 Å². The molecular weight excluding hydrogens is 412 g/mol. The molecule has 2 aromatic rings. The molecule has 0 fully saturated rings. The molecule has 1 heterocycles. The van der Waals surface area contributed by atoms with Gasteiger partial charge in [0.25, 0.3) is 10.0 Å². The Balaban J connectivity index is 2.43. The van der Waals surface area contributed by atoms with Crippen LogP contribution in [0.1, 0.15) is 0 Å². The number of sulfonamides is 1. The number of nitrogens with one attached hydrogen (secondary N) is 1. The van der Waals surface area contributed by atoms with Gasteiger partial charge in [0, 0.05) is 4.47 Å². The van der Waals surface area contributed by atoms with Crippen molar-refractivity contribution in [2.75, 3.05) is 4.72 Å². The fraction of sp³-hybridized carbons (Fsp3) is 0. The van der Waals surface area contributed by atoms with E-state index >= 15 is 0 Å². The van der Waals surface area contributed by atoms with Crippen molar-refractivity contribution < 1.29 is 8.42 Å². The Hall–Kier alpha value is -0.600. The number of nitrogens with zero attached hydrogens (tertiary/aromatic N) is 2. The molecule has 0 aliphatic carbocycles. The Morgan fingerprint density at radius 3 is 2.15 bits per heavy atom. The van der Waals surface area contributed by atoms with Gasteiger partial charge >= 0.3 is 0 Å². The Morgan fingerprint density at radius 2 is 1.65 bits per heavy atom. The highest BCUT2D eigenvalue weighted by molar-refractivity contribution is 9.10. The maximum Gasteiger partial charge on any atom is 0.266 e. The summed E-state index contributed by atoms with van der Waals surface area (Å²) in [6.45, 7) is 0. The van der Waals surface area contributed by atoms with Crippen LogP contribution in [-0.4, -0.2) is 18.4 Å². The minimum Gasteiger partial charge on any atom is -0.262 e. The van der Waals surface area contributed by atoms with Crippen LogP contribution < -0.4 is 4.72 Å². The number of hydrogen-bond donors (Lipinski definition) is 1. The third-order valence-electron chi connectivity index (χ3n) is 2.09. The quantitative estimate of drug-likeness (QED) is 0.819. The second-order valence-corrected chi connectivity index (χ2v) is 7.26. The van der Waals surface area contributed by atoms with E-state index in [1.807, 2.05) is 0 Å². The fourth-order valence-electron chi connectivity index (χ4n) is 1.34. The molecule has 20 heavy (non-hydrogen) atoms. The standard InChI is InChI=1S/C10H5BrCl3N3O2S/c11-5-1-6(12)10(7(13)2-5)20(18,19)17-9-4-15-8(14)3-16-9/h1-4H,(H,16,17). The number of anilines is 1. The van der Waals surface area contributed by atoms with E-state index in [4.69, 9.17) is 34.8 Å². The van der Waals surface area contributed by atoms with Crippen molar-refractivity contribution in [2.45, 2.75) is 4.90 Å². The summed E-state index contributed by atoms with van der Waals surface area (Å²) in [6.07, 6.45) is 2.39. The van der Waals surface area contributed by atoms with Crippen LogP contribution >= 0.6 is 50.7 Å². The molecule has 0 spiro atoms. The van der Waals surface area contributed by atoms with Gasteiger partial charge < -0.3 is 0 Å². The van der Waals surface area contributed by atoms with Gasteiger partial charge in [-0.25, -0.2) is 18.4 Å². The van der Waals surface area contributed by atoms with Gasteiger partial charge in [-0.05, 0) is 12.1 Å². The molecule has 5 nitrogen and oxygen atoms in total. The smallest absolute Gasteiger partial charge is 0.262 e. The molecule has 0 atom stereocenters. The van der Waals surface area contributed by atoms with Crippen molar-refractivity contribution in [3.8, 4) is 0 Å². The lowest BCUT2D eigenvalue weighted by atomic mass is 10.4. The zero-order valence-corrected chi connectivity index (χ0v) is 14.1. The zero-order valence-electron chi connectivity index (χ0n) is 9.44. The highest BCUT2D eigenvalue weighted by atomic mass is 79.9. The highest BCUT2D eigenvalue weighted by Gasteiger charge is 2.23. The van der Waals surface area contributed by atoms with E-state index in [0.717, 1.165) is 0 Å². The molecule has 0 unspecified atom stereocenters. The first-order valence-electron chi connectivity index (χ1n) is 4.94. The summed E-state index contributed by atoms with van der Waals surface area (Å²) in [5.41, 5.74) is 0. The van der Waals surface area contributed by atoms with Gasteiger partial charge in [-0.3, -0.25) is 4.72 Å². The third kappa shape index (κ3) is 3.53. The van der Waals surface area contributed by atoms with Crippen LogP contribution in [-0.2, 0) is 10.0 Å². The molecule has 0 amide bonds. The summed E-state index contributed by atoms with van der Waals surface area (Å²) < 4.78 is 27.3. The lowest BCUT2D eigenvalue weighted by Crippen LogP contribution is -2.15. The maximum absolute atomic E-state index is 12.2. The van der Waals surface area contributed by atoms with Gasteiger partial charge in [0.1, 0.15) is 10.0 Å². The van der Waals surface area contributed by atoms with Crippen LogP contribution in [0.3, 0.4) is 0 Å². The fourth-order valence-corrected chi connectivity index (χ4v) is 4.37. The molecule has 10 heteroatoms. The van der Waals surface area contributed by atoms with Crippen molar-refractivity contribution in [2.24, 2.45) is 0 Å². The van der Waals surface area contributed by atoms with Crippen LogP contribution in [0.15, 0.2) is 33.9 Å². The summed E-state index contributed by atoms with van der Waals surface area (Å²) in [6, 6.07) is 2.85. The lowest BCUT2D eigenvalue weighted by molar-refractivity contribution is 0.601. The van der Waals surface area contributed by atoms with E-state index in [2.05, 4.69) is 30.6 Å². The molecule has 0 bridgehead atoms. The van der Waals surface area contributed by atoms with Crippen molar-refractivity contribution in [3.63, 3.8) is 0 Å². The Kier molecular flexibility index (Phi) is 4.76. The van der Waals surface area contributed by atoms with E-state index in [1.54, 1.807) is 0 Å². The van der Waals surface area contributed by atoms with Gasteiger partial charge in [0.15, 0.2) is 5.82 Å². The minimum atomic E-state index is -3.98. The van der Waals surface area contributed by atoms with Gasteiger partial charge in [-0.2, -0.15) is 0 Å². The van der Waals surface area contributed by atoms with Gasteiger partial charge in [0.05, 0.1) is 22.4 Å². The third-order valence-corrected chi connectivity index (χ3v) is 5.02. The van der Waals surface area contributed by atoms with Gasteiger partial charge in [0.2, 0.25) is 0 Å². The van der Waals surface area contributed by atoms with E-state index in [9.17, 15) is 8.42 Å².